The number of hydrogen-bond acceptors (Lipinski definition) is 10. The molecule has 1 saturated heterocycles. The van der Waals surface area contributed by atoms with Gasteiger partial charge < -0.3 is 50.5 Å². The number of ether oxygens (including phenoxy) is 2. The van der Waals surface area contributed by atoms with Crippen LogP contribution in [0.1, 0.15) is 425 Å². The van der Waals surface area contributed by atoms with Crippen LogP contribution in [0.3, 0.4) is 0 Å². The van der Waals surface area contributed by atoms with Crippen molar-refractivity contribution in [2.75, 3.05) is 13.2 Å². The lowest BCUT2D eigenvalue weighted by Crippen LogP contribution is -2.60. The van der Waals surface area contributed by atoms with E-state index in [4.69, 9.17) is 9.47 Å². The number of carbonyl (C=O) groups is 1. The molecule has 0 saturated carbocycles. The number of hydrogen-bond donors (Lipinski definition) is 8. The van der Waals surface area contributed by atoms with Gasteiger partial charge in [0.25, 0.3) is 0 Å². The van der Waals surface area contributed by atoms with Crippen LogP contribution in [0.25, 0.3) is 0 Å². The van der Waals surface area contributed by atoms with E-state index in [-0.39, 0.29) is 12.8 Å². The smallest absolute Gasteiger partial charge is 0.249 e. The molecule has 1 aliphatic rings. The summed E-state index contributed by atoms with van der Waals surface area (Å²) in [4.78, 5) is 13.3. The van der Waals surface area contributed by atoms with Gasteiger partial charge >= 0.3 is 0 Å². The average molecular weight is 1350 g/mol. The standard InChI is InChI=1S/C84H161NO10/c1-3-5-7-9-11-13-15-17-19-21-23-25-27-29-31-33-35-36-37-38-39-40-41-42-44-46-48-50-52-54-56-58-60-62-64-66-68-70-72-77(88)83(93)85-75(74-94-84-82(92)81(91)80(90)78(73-86)95-84)79(89)76(87)71-69-67-65-63-61-59-57-55-53-51-49-47-45-43-34-32-30-28-26-24-22-20-18-16-14-12-10-8-6-4-2/h35-36,38-39,63,65,75-82,84,86-92H,3-34,37,40-62,64,66-74H2,1-2H3,(H,85,93)/b36-35-,39-38-,65-63+. The molecule has 11 nitrogen and oxygen atoms in total. The molecule has 1 aliphatic heterocycles. The molecule has 0 aliphatic carbocycles. The van der Waals surface area contributed by atoms with E-state index in [9.17, 15) is 40.5 Å². The maximum Gasteiger partial charge on any atom is 0.249 e. The Balaban J connectivity index is 2.12. The molecule has 0 spiro atoms. The van der Waals surface area contributed by atoms with Crippen molar-refractivity contribution in [2.24, 2.45) is 0 Å². The highest BCUT2D eigenvalue weighted by Gasteiger charge is 2.44. The van der Waals surface area contributed by atoms with Crippen LogP contribution >= 0.6 is 0 Å². The molecule has 1 amide bonds. The maximum atomic E-state index is 13.3. The molecular formula is C84H161NO10. The van der Waals surface area contributed by atoms with E-state index in [0.29, 0.717) is 12.8 Å². The number of nitrogens with one attached hydrogen (secondary N) is 1. The Morgan fingerprint density at radius 3 is 0.968 bits per heavy atom. The van der Waals surface area contributed by atoms with Crippen LogP contribution in [0.4, 0.5) is 0 Å². The number of aliphatic hydroxyl groups excluding tert-OH is 7. The Kier molecular flexibility index (Phi) is 69.4. The van der Waals surface area contributed by atoms with Crippen LogP contribution in [-0.4, -0.2) is 110 Å². The van der Waals surface area contributed by atoms with Gasteiger partial charge in [0.05, 0.1) is 25.4 Å². The first-order chi connectivity index (χ1) is 46.7. The van der Waals surface area contributed by atoms with E-state index >= 15 is 0 Å². The molecule has 8 N–H and O–H groups in total. The molecule has 11 heteroatoms. The minimum atomic E-state index is -1.67. The van der Waals surface area contributed by atoms with Crippen molar-refractivity contribution in [3.63, 3.8) is 0 Å². The molecule has 1 heterocycles. The molecule has 0 bridgehead atoms. The van der Waals surface area contributed by atoms with Gasteiger partial charge in [-0.15, -0.1) is 0 Å². The lowest BCUT2D eigenvalue weighted by atomic mass is 9.98. The van der Waals surface area contributed by atoms with Gasteiger partial charge in [-0.3, -0.25) is 4.79 Å². The molecule has 0 aromatic heterocycles. The van der Waals surface area contributed by atoms with Crippen LogP contribution in [0, 0.1) is 0 Å². The van der Waals surface area contributed by atoms with Gasteiger partial charge in [-0.05, 0) is 70.6 Å². The van der Waals surface area contributed by atoms with E-state index in [1.165, 1.54) is 340 Å². The Morgan fingerprint density at radius 1 is 0.368 bits per heavy atom. The molecule has 1 fully saturated rings. The Bertz CT molecular complexity index is 1640. The number of rotatable bonds is 75. The summed E-state index contributed by atoms with van der Waals surface area (Å²) in [7, 11) is 0. The third-order valence-electron chi connectivity index (χ3n) is 20.4. The Hall–Kier alpha value is -1.67. The lowest BCUT2D eigenvalue weighted by molar-refractivity contribution is -0.303. The summed E-state index contributed by atoms with van der Waals surface area (Å²) in [6.07, 6.45) is 84.3. The van der Waals surface area contributed by atoms with Crippen LogP contribution < -0.4 is 5.32 Å². The number of carbonyl (C=O) groups excluding carboxylic acids is 1. The summed E-state index contributed by atoms with van der Waals surface area (Å²) in [5, 5.41) is 76.8. The van der Waals surface area contributed by atoms with Crippen molar-refractivity contribution in [2.45, 2.75) is 480 Å². The molecule has 0 aromatic carbocycles. The maximum absolute atomic E-state index is 13.3. The van der Waals surface area contributed by atoms with Crippen molar-refractivity contribution in [1.29, 1.82) is 0 Å². The quantitative estimate of drug-likeness (QED) is 0.0215. The summed E-state index contributed by atoms with van der Waals surface area (Å²) < 4.78 is 11.2. The van der Waals surface area contributed by atoms with Crippen LogP contribution in [0.5, 0.6) is 0 Å². The molecular weight excluding hydrogens is 1180 g/mol. The highest BCUT2D eigenvalue weighted by Crippen LogP contribution is 2.25. The molecule has 1 rings (SSSR count). The highest BCUT2D eigenvalue weighted by atomic mass is 16.7. The number of amides is 1. The van der Waals surface area contributed by atoms with Gasteiger partial charge in [-0.1, -0.05) is 391 Å². The molecule has 9 unspecified atom stereocenters. The molecule has 0 radical (unpaired) electrons. The van der Waals surface area contributed by atoms with Gasteiger partial charge in [-0.25, -0.2) is 0 Å². The minimum Gasteiger partial charge on any atom is -0.394 e. The van der Waals surface area contributed by atoms with Crippen molar-refractivity contribution >= 4 is 5.91 Å². The second-order valence-electron chi connectivity index (χ2n) is 29.5. The van der Waals surface area contributed by atoms with Crippen LogP contribution in [0.15, 0.2) is 36.5 Å². The first-order valence-electron chi connectivity index (χ1n) is 41.9. The van der Waals surface area contributed by atoms with Crippen molar-refractivity contribution in [3.8, 4) is 0 Å². The SMILES string of the molecule is CCCCCCCCCCCCCCCCC/C=C\C/C=C\CCCCCCCCCCCCCCCCCCC(O)C(=O)NC(COC1OC(CO)C(O)C(O)C1O)C(O)C(O)CCC/C=C/CCCCCCCCCCCCCCCCCCCCCCCCCCC. The number of allylic oxidation sites excluding steroid dienone is 6. The Morgan fingerprint density at radius 2 is 0.653 bits per heavy atom. The van der Waals surface area contributed by atoms with E-state index < -0.39 is 74.2 Å². The van der Waals surface area contributed by atoms with Gasteiger partial charge in [0.2, 0.25) is 5.91 Å². The van der Waals surface area contributed by atoms with Gasteiger partial charge in [0.1, 0.15) is 36.6 Å². The summed E-state index contributed by atoms with van der Waals surface area (Å²) >= 11 is 0. The monoisotopic (exact) mass is 1340 g/mol. The summed E-state index contributed by atoms with van der Waals surface area (Å²) in [6.45, 7) is 3.52. The topological polar surface area (TPSA) is 189 Å². The molecule has 0 aromatic rings. The fourth-order valence-electron chi connectivity index (χ4n) is 13.8. The third-order valence-corrected chi connectivity index (χ3v) is 20.4. The summed E-state index contributed by atoms with van der Waals surface area (Å²) in [5.41, 5.74) is 0. The first kappa shape index (κ1) is 91.3. The zero-order valence-electron chi connectivity index (χ0n) is 62.7. The number of aliphatic hydroxyl groups is 7. The van der Waals surface area contributed by atoms with Gasteiger partial charge in [0, 0.05) is 0 Å². The predicted octanol–water partition coefficient (Wildman–Crippen LogP) is 22.0. The third kappa shape index (κ3) is 58.7. The summed E-state index contributed by atoms with van der Waals surface area (Å²) in [5.74, 6) is -0.699. The fraction of sp³-hybridized carbons (Fsp3) is 0.917. The van der Waals surface area contributed by atoms with E-state index in [0.717, 1.165) is 44.9 Å². The second-order valence-corrected chi connectivity index (χ2v) is 29.5. The highest BCUT2D eigenvalue weighted by molar-refractivity contribution is 5.80. The van der Waals surface area contributed by atoms with Gasteiger partial charge in [-0.2, -0.15) is 0 Å². The average Bonchev–Trinajstić information content (AvgIpc) is 0.832. The largest absolute Gasteiger partial charge is 0.394 e. The minimum absolute atomic E-state index is 0.256. The van der Waals surface area contributed by atoms with Crippen molar-refractivity contribution in [3.05, 3.63) is 36.5 Å². The van der Waals surface area contributed by atoms with E-state index in [1.807, 2.05) is 0 Å². The van der Waals surface area contributed by atoms with Crippen LogP contribution in [-0.2, 0) is 14.3 Å². The summed E-state index contributed by atoms with van der Waals surface area (Å²) in [6, 6.07) is -1.19. The van der Waals surface area contributed by atoms with Gasteiger partial charge in [0.15, 0.2) is 6.29 Å². The molecule has 9 atom stereocenters. The van der Waals surface area contributed by atoms with E-state index in [2.05, 4.69) is 55.6 Å². The second kappa shape index (κ2) is 72.1. The molecule has 95 heavy (non-hydrogen) atoms. The van der Waals surface area contributed by atoms with Crippen molar-refractivity contribution in [1.82, 2.24) is 5.32 Å². The zero-order chi connectivity index (χ0) is 68.8. The molecule has 562 valence electrons. The van der Waals surface area contributed by atoms with Crippen molar-refractivity contribution < 1.29 is 50.0 Å². The Labute approximate surface area is 587 Å². The first-order valence-corrected chi connectivity index (χ1v) is 41.9. The predicted molar refractivity (Wildman–Crippen MR) is 404 cm³/mol. The zero-order valence-corrected chi connectivity index (χ0v) is 62.7. The van der Waals surface area contributed by atoms with E-state index in [1.54, 1.807) is 0 Å². The lowest BCUT2D eigenvalue weighted by Gasteiger charge is -2.40. The van der Waals surface area contributed by atoms with Crippen LogP contribution in [0.2, 0.25) is 0 Å². The number of unbranched alkanes of at least 4 members (excludes halogenated alkanes) is 57. The fourth-order valence-corrected chi connectivity index (χ4v) is 13.8. The normalized spacial score (nSPS) is 18.3.